The minimum absolute atomic E-state index is 0.0342. The smallest absolute Gasteiger partial charge is 0.323 e. The summed E-state index contributed by atoms with van der Waals surface area (Å²) in [4.78, 5) is 22.3. The van der Waals surface area contributed by atoms with E-state index in [-0.39, 0.29) is 6.10 Å². The van der Waals surface area contributed by atoms with E-state index in [4.69, 9.17) is 10.5 Å². The third-order valence-electron chi connectivity index (χ3n) is 5.08. The number of rotatable bonds is 4. The lowest BCUT2D eigenvalue weighted by Gasteiger charge is -2.53. The van der Waals surface area contributed by atoms with Gasteiger partial charge < -0.3 is 20.4 Å². The Kier molecular flexibility index (Phi) is 3.25. The fraction of sp³-hybridized carbons (Fsp3) is 0.857. The lowest BCUT2D eigenvalue weighted by Crippen LogP contribution is -2.51. The molecule has 0 amide bonds. The molecule has 4 aliphatic carbocycles. The fourth-order valence-corrected chi connectivity index (χ4v) is 4.55. The van der Waals surface area contributed by atoms with Gasteiger partial charge in [-0.2, -0.15) is 0 Å². The summed E-state index contributed by atoms with van der Waals surface area (Å²) in [6.07, 6.45) is 5.46. The molecule has 4 saturated carbocycles. The molecule has 0 aliphatic heterocycles. The summed E-state index contributed by atoms with van der Waals surface area (Å²) in [7, 11) is 0. The first-order chi connectivity index (χ1) is 9.02. The van der Waals surface area contributed by atoms with Crippen molar-refractivity contribution in [3.63, 3.8) is 0 Å². The summed E-state index contributed by atoms with van der Waals surface area (Å²) in [5.41, 5.74) is 5.53. The maximum Gasteiger partial charge on any atom is 0.323 e. The predicted octanol–water partition coefficient (Wildman–Crippen LogP) is -0.178. The van der Waals surface area contributed by atoms with Crippen LogP contribution in [0.25, 0.3) is 0 Å². The first kappa shape index (κ1) is 12.9. The number of hydrogen-bond donors (Lipinski definition) is 1. The number of carbonyl (C=O) groups is 2. The number of nitrogens with two attached hydrogens (primary N) is 1. The molecular weight excluding hydrogens is 246 g/mol. The zero-order chi connectivity index (χ0) is 13.6. The van der Waals surface area contributed by atoms with Crippen LogP contribution >= 0.6 is 0 Å². The minimum atomic E-state index is -1.31. The maximum atomic E-state index is 11.8. The zero-order valence-electron chi connectivity index (χ0n) is 10.9. The average molecular weight is 266 g/mol. The Bertz CT molecular complexity index is 367. The molecule has 19 heavy (non-hydrogen) atoms. The quantitative estimate of drug-likeness (QED) is 0.713. The summed E-state index contributed by atoms with van der Waals surface area (Å²) >= 11 is 0. The lowest BCUT2D eigenvalue weighted by molar-refractivity contribution is -0.306. The number of hydrogen-bond acceptors (Lipinski definition) is 5. The standard InChI is InChI=1S/C14H21NO4/c15-11(6-12(16)17)14(18)19-13-9-2-7-1-8(4-9)5-10(13)3-7/h7-11,13H,1-6,15H2,(H,16,17)/p-1. The Morgan fingerprint density at radius 3 is 2.11 bits per heavy atom. The molecule has 2 N–H and O–H groups in total. The molecule has 0 aromatic heterocycles. The Morgan fingerprint density at radius 1 is 1.11 bits per heavy atom. The largest absolute Gasteiger partial charge is 0.550 e. The summed E-state index contributed by atoms with van der Waals surface area (Å²) < 4.78 is 5.53. The molecule has 0 aromatic carbocycles. The van der Waals surface area contributed by atoms with E-state index in [9.17, 15) is 14.7 Å². The number of ether oxygens (including phenoxy) is 1. The highest BCUT2D eigenvalue weighted by Gasteiger charge is 2.50. The van der Waals surface area contributed by atoms with Crippen molar-refractivity contribution < 1.29 is 19.4 Å². The van der Waals surface area contributed by atoms with Gasteiger partial charge in [0.15, 0.2) is 0 Å². The molecule has 0 saturated heterocycles. The van der Waals surface area contributed by atoms with Crippen LogP contribution in [0, 0.1) is 23.7 Å². The molecule has 5 heteroatoms. The SMILES string of the molecule is NC(CC(=O)[O-])C(=O)OC1C2CC3CC(C2)CC1C3. The van der Waals surface area contributed by atoms with E-state index >= 15 is 0 Å². The van der Waals surface area contributed by atoms with Gasteiger partial charge in [-0.3, -0.25) is 4.79 Å². The molecule has 0 aromatic rings. The van der Waals surface area contributed by atoms with Gasteiger partial charge in [0.25, 0.3) is 0 Å². The molecule has 1 atom stereocenters. The Labute approximate surface area is 112 Å². The number of aliphatic carboxylic acids is 1. The van der Waals surface area contributed by atoms with Gasteiger partial charge in [0.1, 0.15) is 12.1 Å². The van der Waals surface area contributed by atoms with Gasteiger partial charge in [0.05, 0.1) is 0 Å². The second-order valence-corrected chi connectivity index (χ2v) is 6.51. The first-order valence-corrected chi connectivity index (χ1v) is 7.19. The van der Waals surface area contributed by atoms with Gasteiger partial charge in [-0.05, 0) is 55.8 Å². The molecule has 4 rings (SSSR count). The van der Waals surface area contributed by atoms with Crippen LogP contribution in [-0.4, -0.2) is 24.1 Å². The predicted molar refractivity (Wildman–Crippen MR) is 64.5 cm³/mol. The third-order valence-corrected chi connectivity index (χ3v) is 5.08. The van der Waals surface area contributed by atoms with E-state index in [1.165, 1.54) is 6.42 Å². The fourth-order valence-electron chi connectivity index (χ4n) is 4.55. The Balaban J connectivity index is 1.61. The van der Waals surface area contributed by atoms with Crippen molar-refractivity contribution in [2.24, 2.45) is 29.4 Å². The highest BCUT2D eigenvalue weighted by atomic mass is 16.5. The molecular formula is C14H20NO4-. The van der Waals surface area contributed by atoms with Gasteiger partial charge in [-0.25, -0.2) is 0 Å². The molecule has 0 radical (unpaired) electrons. The van der Waals surface area contributed by atoms with Gasteiger partial charge in [0, 0.05) is 12.4 Å². The third kappa shape index (κ3) is 2.48. The van der Waals surface area contributed by atoms with Crippen molar-refractivity contribution in [3.05, 3.63) is 0 Å². The molecule has 0 spiro atoms. The van der Waals surface area contributed by atoms with E-state index in [1.54, 1.807) is 0 Å². The van der Waals surface area contributed by atoms with Crippen LogP contribution in [-0.2, 0) is 14.3 Å². The average Bonchev–Trinajstić information content (AvgIpc) is 2.31. The first-order valence-electron chi connectivity index (χ1n) is 7.19. The van der Waals surface area contributed by atoms with E-state index < -0.39 is 24.4 Å². The lowest BCUT2D eigenvalue weighted by atomic mass is 9.55. The Morgan fingerprint density at radius 2 is 1.63 bits per heavy atom. The zero-order valence-corrected chi connectivity index (χ0v) is 10.9. The molecule has 106 valence electrons. The second-order valence-electron chi connectivity index (χ2n) is 6.51. The van der Waals surface area contributed by atoms with Crippen LogP contribution in [0.15, 0.2) is 0 Å². The number of carboxylic acids is 1. The van der Waals surface area contributed by atoms with Crippen molar-refractivity contribution in [1.82, 2.24) is 0 Å². The monoisotopic (exact) mass is 266 g/mol. The summed E-state index contributed by atoms with van der Waals surface area (Å²) in [5, 5.41) is 10.5. The molecule has 5 nitrogen and oxygen atoms in total. The summed E-state index contributed by atoms with van der Waals surface area (Å²) in [6.45, 7) is 0. The maximum absolute atomic E-state index is 11.8. The number of esters is 1. The molecule has 4 bridgehead atoms. The van der Waals surface area contributed by atoms with E-state index in [0.29, 0.717) is 11.8 Å². The normalized spacial score (nSPS) is 41.0. The molecule has 0 heterocycles. The topological polar surface area (TPSA) is 92.5 Å². The van der Waals surface area contributed by atoms with Crippen LogP contribution in [0.4, 0.5) is 0 Å². The van der Waals surface area contributed by atoms with Gasteiger partial charge in [-0.15, -0.1) is 0 Å². The van der Waals surface area contributed by atoms with E-state index in [2.05, 4.69) is 0 Å². The second kappa shape index (κ2) is 4.78. The van der Waals surface area contributed by atoms with Gasteiger partial charge >= 0.3 is 5.97 Å². The van der Waals surface area contributed by atoms with E-state index in [1.807, 2.05) is 0 Å². The molecule has 1 unspecified atom stereocenters. The van der Waals surface area contributed by atoms with Crippen LogP contribution < -0.4 is 10.8 Å². The highest BCUT2D eigenvalue weighted by Crippen LogP contribution is 2.54. The van der Waals surface area contributed by atoms with Crippen molar-refractivity contribution in [3.8, 4) is 0 Å². The number of carboxylic acid groups (broad SMARTS) is 1. The van der Waals surface area contributed by atoms with Crippen molar-refractivity contribution >= 4 is 11.9 Å². The van der Waals surface area contributed by atoms with E-state index in [0.717, 1.165) is 37.5 Å². The van der Waals surface area contributed by atoms with Gasteiger partial charge in [-0.1, -0.05) is 0 Å². The van der Waals surface area contributed by atoms with Gasteiger partial charge in [0.2, 0.25) is 0 Å². The highest BCUT2D eigenvalue weighted by molar-refractivity contribution is 5.81. The molecule has 4 aliphatic rings. The van der Waals surface area contributed by atoms with Crippen LogP contribution in [0.3, 0.4) is 0 Å². The van der Waals surface area contributed by atoms with Crippen LogP contribution in [0.5, 0.6) is 0 Å². The number of carbonyl (C=O) groups excluding carboxylic acids is 2. The van der Waals surface area contributed by atoms with Crippen LogP contribution in [0.2, 0.25) is 0 Å². The van der Waals surface area contributed by atoms with Crippen molar-refractivity contribution in [2.75, 3.05) is 0 Å². The van der Waals surface area contributed by atoms with Crippen molar-refractivity contribution in [2.45, 2.75) is 50.7 Å². The van der Waals surface area contributed by atoms with Crippen LogP contribution in [0.1, 0.15) is 38.5 Å². The summed E-state index contributed by atoms with van der Waals surface area (Å²) in [5.74, 6) is 0.672. The van der Waals surface area contributed by atoms with Crippen molar-refractivity contribution in [1.29, 1.82) is 0 Å². The molecule has 4 fully saturated rings. The summed E-state index contributed by atoms with van der Waals surface area (Å²) in [6, 6.07) is -1.10. The Hall–Kier alpha value is -1.10. The minimum Gasteiger partial charge on any atom is -0.550 e.